The molecule has 0 spiro atoms. The van der Waals surface area contributed by atoms with E-state index < -0.39 is 0 Å². The standard InChI is InChI=1S/C18H16N4O3/c1-22-11-14(16(21-22)13-6-2-3-8-19-13)20-18(23)12-5-4-7-15-17(12)25-10-9-24-15/h2-8,11H,9-10H2,1H3,(H,20,23). The van der Waals surface area contributed by atoms with Gasteiger partial charge in [-0.05, 0) is 24.3 Å². The van der Waals surface area contributed by atoms with Gasteiger partial charge in [0.1, 0.15) is 18.9 Å². The quantitative estimate of drug-likeness (QED) is 0.795. The number of rotatable bonds is 3. The minimum absolute atomic E-state index is 0.285. The van der Waals surface area contributed by atoms with E-state index in [4.69, 9.17) is 9.47 Å². The molecule has 126 valence electrons. The third-order valence-corrected chi connectivity index (χ3v) is 3.80. The van der Waals surface area contributed by atoms with Crippen LogP contribution in [0.3, 0.4) is 0 Å². The molecule has 7 heteroatoms. The molecule has 25 heavy (non-hydrogen) atoms. The molecular formula is C18H16N4O3. The Labute approximate surface area is 144 Å². The van der Waals surface area contributed by atoms with Crippen molar-refractivity contribution in [2.24, 2.45) is 7.05 Å². The molecule has 0 fully saturated rings. The summed E-state index contributed by atoms with van der Waals surface area (Å²) in [6, 6.07) is 10.8. The van der Waals surface area contributed by atoms with Crippen molar-refractivity contribution in [3.05, 3.63) is 54.4 Å². The lowest BCUT2D eigenvalue weighted by atomic mass is 10.1. The van der Waals surface area contributed by atoms with Crippen molar-refractivity contribution >= 4 is 11.6 Å². The first-order valence-corrected chi connectivity index (χ1v) is 7.87. The number of carbonyl (C=O) groups is 1. The molecule has 3 aromatic rings. The fraction of sp³-hybridized carbons (Fsp3) is 0.167. The Bertz CT molecular complexity index is 921. The number of carbonyl (C=O) groups excluding carboxylic acids is 1. The van der Waals surface area contributed by atoms with Crippen molar-refractivity contribution in [1.82, 2.24) is 14.8 Å². The zero-order chi connectivity index (χ0) is 17.2. The zero-order valence-electron chi connectivity index (χ0n) is 13.6. The van der Waals surface area contributed by atoms with Crippen LogP contribution in [-0.2, 0) is 7.05 Å². The molecule has 0 aliphatic carbocycles. The molecule has 4 rings (SSSR count). The van der Waals surface area contributed by atoms with Crippen molar-refractivity contribution in [2.75, 3.05) is 18.5 Å². The second kappa shape index (κ2) is 6.27. The smallest absolute Gasteiger partial charge is 0.259 e. The van der Waals surface area contributed by atoms with Crippen molar-refractivity contribution in [2.45, 2.75) is 0 Å². The van der Waals surface area contributed by atoms with Crippen LogP contribution in [0.15, 0.2) is 48.8 Å². The maximum atomic E-state index is 12.8. The molecule has 0 saturated carbocycles. The van der Waals surface area contributed by atoms with Crippen molar-refractivity contribution in [3.8, 4) is 22.9 Å². The maximum absolute atomic E-state index is 12.8. The van der Waals surface area contributed by atoms with Crippen LogP contribution >= 0.6 is 0 Å². The first-order chi connectivity index (χ1) is 12.2. The number of aromatic nitrogens is 3. The van der Waals surface area contributed by atoms with Crippen LogP contribution in [0.4, 0.5) is 5.69 Å². The van der Waals surface area contributed by atoms with Crippen LogP contribution in [0.25, 0.3) is 11.4 Å². The van der Waals surface area contributed by atoms with E-state index in [0.717, 1.165) is 0 Å². The molecule has 0 saturated heterocycles. The Kier molecular flexibility index (Phi) is 3.81. The van der Waals surface area contributed by atoms with Gasteiger partial charge in [-0.2, -0.15) is 5.10 Å². The predicted octanol–water partition coefficient (Wildman–Crippen LogP) is 2.51. The average Bonchev–Trinajstić information content (AvgIpc) is 3.02. The number of hydrogen-bond acceptors (Lipinski definition) is 5. The summed E-state index contributed by atoms with van der Waals surface area (Å²) in [5.41, 5.74) is 2.31. The van der Waals surface area contributed by atoms with Crippen molar-refractivity contribution in [3.63, 3.8) is 0 Å². The number of anilines is 1. The number of fused-ring (bicyclic) bond motifs is 1. The van der Waals surface area contributed by atoms with E-state index in [0.29, 0.717) is 47.4 Å². The molecule has 1 aliphatic heterocycles. The van der Waals surface area contributed by atoms with Crippen LogP contribution in [0.5, 0.6) is 11.5 Å². The summed E-state index contributed by atoms with van der Waals surface area (Å²) >= 11 is 0. The molecule has 3 heterocycles. The third-order valence-electron chi connectivity index (χ3n) is 3.80. The summed E-state index contributed by atoms with van der Waals surface area (Å²) in [5, 5.41) is 7.30. The summed E-state index contributed by atoms with van der Waals surface area (Å²) in [6.07, 6.45) is 3.43. The van der Waals surface area contributed by atoms with E-state index in [-0.39, 0.29) is 5.91 Å². The molecule has 0 radical (unpaired) electrons. The number of ether oxygens (including phenoxy) is 2. The largest absolute Gasteiger partial charge is 0.486 e. The molecule has 1 aromatic carbocycles. The number of pyridine rings is 1. The fourth-order valence-electron chi connectivity index (χ4n) is 2.71. The summed E-state index contributed by atoms with van der Waals surface area (Å²) in [6.45, 7) is 0.897. The third kappa shape index (κ3) is 2.91. The van der Waals surface area contributed by atoms with E-state index in [2.05, 4.69) is 15.4 Å². The van der Waals surface area contributed by atoms with Gasteiger partial charge in [-0.1, -0.05) is 12.1 Å². The van der Waals surface area contributed by atoms with Gasteiger partial charge in [0.15, 0.2) is 11.5 Å². The monoisotopic (exact) mass is 336 g/mol. The van der Waals surface area contributed by atoms with Crippen LogP contribution in [0.1, 0.15) is 10.4 Å². The van der Waals surface area contributed by atoms with Crippen molar-refractivity contribution < 1.29 is 14.3 Å². The number of para-hydroxylation sites is 1. The van der Waals surface area contributed by atoms with E-state index in [1.54, 1.807) is 42.3 Å². The highest BCUT2D eigenvalue weighted by atomic mass is 16.6. The highest BCUT2D eigenvalue weighted by molar-refractivity contribution is 6.08. The first kappa shape index (κ1) is 15.2. The summed E-state index contributed by atoms with van der Waals surface area (Å²) in [7, 11) is 1.80. The first-order valence-electron chi connectivity index (χ1n) is 7.87. The van der Waals surface area contributed by atoms with Crippen LogP contribution in [-0.4, -0.2) is 33.9 Å². The Balaban J connectivity index is 1.67. The molecular weight excluding hydrogens is 320 g/mol. The molecule has 0 atom stereocenters. The second-order valence-corrected chi connectivity index (χ2v) is 5.56. The van der Waals surface area contributed by atoms with Gasteiger partial charge in [0, 0.05) is 19.4 Å². The number of amides is 1. The summed E-state index contributed by atoms with van der Waals surface area (Å²) in [4.78, 5) is 17.1. The number of nitrogens with one attached hydrogen (secondary N) is 1. The molecule has 1 N–H and O–H groups in total. The minimum atomic E-state index is -0.285. The Hall–Kier alpha value is -3.35. The minimum Gasteiger partial charge on any atom is -0.486 e. The summed E-state index contributed by atoms with van der Waals surface area (Å²) < 4.78 is 12.8. The second-order valence-electron chi connectivity index (χ2n) is 5.56. The Morgan fingerprint density at radius 3 is 2.88 bits per heavy atom. The van der Waals surface area contributed by atoms with Gasteiger partial charge in [0.2, 0.25) is 0 Å². The van der Waals surface area contributed by atoms with Gasteiger partial charge in [0.05, 0.1) is 16.9 Å². The number of hydrogen-bond donors (Lipinski definition) is 1. The lowest BCUT2D eigenvalue weighted by molar-refractivity contribution is 0.101. The lowest BCUT2D eigenvalue weighted by Gasteiger charge is -2.20. The number of nitrogens with zero attached hydrogens (tertiary/aromatic N) is 3. The SMILES string of the molecule is Cn1cc(NC(=O)c2cccc3c2OCCO3)c(-c2ccccn2)n1. The summed E-state index contributed by atoms with van der Waals surface area (Å²) in [5.74, 6) is 0.761. The van der Waals surface area contributed by atoms with Gasteiger partial charge in [-0.3, -0.25) is 14.5 Å². The van der Waals surface area contributed by atoms with Gasteiger partial charge in [0.25, 0.3) is 5.91 Å². The van der Waals surface area contributed by atoms with E-state index in [1.807, 2.05) is 18.2 Å². The fourth-order valence-corrected chi connectivity index (χ4v) is 2.71. The molecule has 0 bridgehead atoms. The topological polar surface area (TPSA) is 78.3 Å². The highest BCUT2D eigenvalue weighted by Gasteiger charge is 2.22. The maximum Gasteiger partial charge on any atom is 0.259 e. The highest BCUT2D eigenvalue weighted by Crippen LogP contribution is 2.34. The molecule has 1 amide bonds. The predicted molar refractivity (Wildman–Crippen MR) is 91.8 cm³/mol. The van der Waals surface area contributed by atoms with Crippen LogP contribution in [0, 0.1) is 0 Å². The van der Waals surface area contributed by atoms with Crippen LogP contribution < -0.4 is 14.8 Å². The Morgan fingerprint density at radius 2 is 2.04 bits per heavy atom. The van der Waals surface area contributed by atoms with Crippen molar-refractivity contribution in [1.29, 1.82) is 0 Å². The number of benzene rings is 1. The molecule has 0 unspecified atom stereocenters. The lowest BCUT2D eigenvalue weighted by Crippen LogP contribution is -2.20. The van der Waals surface area contributed by atoms with Crippen LogP contribution in [0.2, 0.25) is 0 Å². The van der Waals surface area contributed by atoms with Gasteiger partial charge < -0.3 is 14.8 Å². The van der Waals surface area contributed by atoms with E-state index in [1.165, 1.54) is 0 Å². The molecule has 7 nitrogen and oxygen atoms in total. The van der Waals surface area contributed by atoms with E-state index in [9.17, 15) is 4.79 Å². The Morgan fingerprint density at radius 1 is 1.16 bits per heavy atom. The number of aryl methyl sites for hydroxylation is 1. The molecule has 2 aromatic heterocycles. The zero-order valence-corrected chi connectivity index (χ0v) is 13.6. The molecule has 1 aliphatic rings. The van der Waals surface area contributed by atoms with Gasteiger partial charge in [-0.15, -0.1) is 0 Å². The average molecular weight is 336 g/mol. The van der Waals surface area contributed by atoms with E-state index >= 15 is 0 Å². The normalized spacial score (nSPS) is 12.7. The van der Waals surface area contributed by atoms with Gasteiger partial charge >= 0.3 is 0 Å². The van der Waals surface area contributed by atoms with Gasteiger partial charge in [-0.25, -0.2) is 0 Å².